The lowest BCUT2D eigenvalue weighted by Gasteiger charge is -2.19. The smallest absolute Gasteiger partial charge is 0.142 e. The van der Waals surface area contributed by atoms with Gasteiger partial charge in [-0.05, 0) is 40.2 Å². The minimum absolute atomic E-state index is 0.415. The molecule has 5 heteroatoms. The third kappa shape index (κ3) is 2.21. The molecule has 0 amide bonds. The Morgan fingerprint density at radius 2 is 2.32 bits per heavy atom. The second-order valence-corrected chi connectivity index (χ2v) is 6.42. The summed E-state index contributed by atoms with van der Waals surface area (Å²) in [5, 5.41) is 4.49. The standard InChI is InChI=1S/C14H20N4S/c1-9(2)18-8-16-7-11(18)14-17-13-10(15-3)5-4-6-12(13)19-14/h7-10,15H,4-6H2,1-3H3. The molecular formula is C14H20N4S. The number of aryl methyl sites for hydroxylation is 1. The van der Waals surface area contributed by atoms with Gasteiger partial charge in [-0.15, -0.1) is 11.3 Å². The summed E-state index contributed by atoms with van der Waals surface area (Å²) in [6.07, 6.45) is 7.44. The quantitative estimate of drug-likeness (QED) is 0.936. The molecule has 4 nitrogen and oxygen atoms in total. The number of thiazole rings is 1. The summed E-state index contributed by atoms with van der Waals surface area (Å²) in [5.74, 6) is 0. The first-order valence-electron chi connectivity index (χ1n) is 6.89. The fraction of sp³-hybridized carbons (Fsp3) is 0.571. The number of nitrogens with one attached hydrogen (secondary N) is 1. The molecule has 0 saturated carbocycles. The van der Waals surface area contributed by atoms with Crippen LogP contribution in [0.2, 0.25) is 0 Å². The zero-order valence-corrected chi connectivity index (χ0v) is 12.5. The number of hydrogen-bond donors (Lipinski definition) is 1. The van der Waals surface area contributed by atoms with E-state index in [-0.39, 0.29) is 0 Å². The summed E-state index contributed by atoms with van der Waals surface area (Å²) in [6, 6.07) is 0.836. The van der Waals surface area contributed by atoms with E-state index in [9.17, 15) is 0 Å². The highest BCUT2D eigenvalue weighted by Crippen LogP contribution is 2.37. The van der Waals surface area contributed by atoms with E-state index in [1.54, 1.807) is 0 Å². The average molecular weight is 276 g/mol. The van der Waals surface area contributed by atoms with Crippen LogP contribution in [-0.4, -0.2) is 21.6 Å². The first-order chi connectivity index (χ1) is 9.20. The summed E-state index contributed by atoms with van der Waals surface area (Å²) in [6.45, 7) is 4.35. The molecule has 1 N–H and O–H groups in total. The van der Waals surface area contributed by atoms with Gasteiger partial charge in [0.1, 0.15) is 5.01 Å². The summed E-state index contributed by atoms with van der Waals surface area (Å²) < 4.78 is 2.19. The van der Waals surface area contributed by atoms with Crippen LogP contribution in [0.15, 0.2) is 12.5 Å². The van der Waals surface area contributed by atoms with Crippen molar-refractivity contribution in [1.82, 2.24) is 19.9 Å². The van der Waals surface area contributed by atoms with Gasteiger partial charge in [0.05, 0.1) is 30.0 Å². The molecule has 1 unspecified atom stereocenters. The average Bonchev–Trinajstić information content (AvgIpc) is 3.03. The van der Waals surface area contributed by atoms with E-state index >= 15 is 0 Å². The van der Waals surface area contributed by atoms with Gasteiger partial charge in [-0.25, -0.2) is 9.97 Å². The van der Waals surface area contributed by atoms with Crippen molar-refractivity contribution in [2.45, 2.75) is 45.2 Å². The van der Waals surface area contributed by atoms with Gasteiger partial charge in [0.15, 0.2) is 0 Å². The van der Waals surface area contributed by atoms with Crippen LogP contribution in [0.1, 0.15) is 49.3 Å². The molecule has 3 rings (SSSR count). The second-order valence-electron chi connectivity index (χ2n) is 5.34. The molecule has 19 heavy (non-hydrogen) atoms. The molecule has 0 bridgehead atoms. The van der Waals surface area contributed by atoms with E-state index in [0.29, 0.717) is 12.1 Å². The van der Waals surface area contributed by atoms with Crippen LogP contribution in [0.5, 0.6) is 0 Å². The van der Waals surface area contributed by atoms with Crippen LogP contribution in [0.4, 0.5) is 0 Å². The van der Waals surface area contributed by atoms with Crippen LogP contribution in [-0.2, 0) is 6.42 Å². The zero-order valence-electron chi connectivity index (χ0n) is 11.7. The second kappa shape index (κ2) is 5.06. The van der Waals surface area contributed by atoms with E-state index in [1.165, 1.54) is 29.8 Å². The number of hydrogen-bond acceptors (Lipinski definition) is 4. The van der Waals surface area contributed by atoms with Gasteiger partial charge in [0, 0.05) is 10.9 Å². The van der Waals surface area contributed by atoms with Crippen molar-refractivity contribution in [2.75, 3.05) is 7.05 Å². The molecule has 2 heterocycles. The highest BCUT2D eigenvalue weighted by Gasteiger charge is 2.24. The highest BCUT2D eigenvalue weighted by atomic mass is 32.1. The number of fused-ring (bicyclic) bond motifs is 1. The molecule has 0 aromatic carbocycles. The number of aromatic nitrogens is 3. The Bertz CT molecular complexity index is 570. The van der Waals surface area contributed by atoms with Crippen molar-refractivity contribution in [3.63, 3.8) is 0 Å². The Hall–Kier alpha value is -1.20. The lowest BCUT2D eigenvalue weighted by atomic mass is 9.98. The van der Waals surface area contributed by atoms with Gasteiger partial charge in [-0.2, -0.15) is 0 Å². The molecule has 0 aliphatic heterocycles. The third-order valence-corrected chi connectivity index (χ3v) is 4.90. The highest BCUT2D eigenvalue weighted by molar-refractivity contribution is 7.15. The minimum atomic E-state index is 0.415. The lowest BCUT2D eigenvalue weighted by Crippen LogP contribution is -2.21. The van der Waals surface area contributed by atoms with Crippen LogP contribution < -0.4 is 5.32 Å². The van der Waals surface area contributed by atoms with Gasteiger partial charge < -0.3 is 9.88 Å². The third-order valence-electron chi connectivity index (χ3n) is 3.74. The van der Waals surface area contributed by atoms with Gasteiger partial charge in [0.2, 0.25) is 0 Å². The van der Waals surface area contributed by atoms with Crippen molar-refractivity contribution in [1.29, 1.82) is 0 Å². The van der Waals surface area contributed by atoms with Gasteiger partial charge in [-0.3, -0.25) is 0 Å². The largest absolute Gasteiger partial charge is 0.326 e. The van der Waals surface area contributed by atoms with Crippen molar-refractivity contribution in [3.8, 4) is 10.7 Å². The predicted molar refractivity (Wildman–Crippen MR) is 78.5 cm³/mol. The maximum atomic E-state index is 4.88. The maximum Gasteiger partial charge on any atom is 0.142 e. The van der Waals surface area contributed by atoms with E-state index in [2.05, 4.69) is 28.7 Å². The minimum Gasteiger partial charge on any atom is -0.326 e. The molecule has 0 radical (unpaired) electrons. The summed E-state index contributed by atoms with van der Waals surface area (Å²) in [4.78, 5) is 10.6. The zero-order chi connectivity index (χ0) is 13.4. The first-order valence-corrected chi connectivity index (χ1v) is 7.71. The molecule has 0 fully saturated rings. The van der Waals surface area contributed by atoms with Crippen molar-refractivity contribution < 1.29 is 0 Å². The maximum absolute atomic E-state index is 4.88. The number of nitrogens with zero attached hydrogens (tertiary/aromatic N) is 3. The molecule has 1 atom stereocenters. The summed E-state index contributed by atoms with van der Waals surface area (Å²) in [5.41, 5.74) is 2.40. The monoisotopic (exact) mass is 276 g/mol. The van der Waals surface area contributed by atoms with Gasteiger partial charge in [0.25, 0.3) is 0 Å². The Balaban J connectivity index is 2.03. The van der Waals surface area contributed by atoms with Gasteiger partial charge >= 0.3 is 0 Å². The van der Waals surface area contributed by atoms with Crippen LogP contribution in [0, 0.1) is 0 Å². The predicted octanol–water partition coefficient (Wildman–Crippen LogP) is 3.18. The van der Waals surface area contributed by atoms with E-state index in [0.717, 1.165) is 10.7 Å². The molecule has 102 valence electrons. The van der Waals surface area contributed by atoms with Crippen molar-refractivity contribution in [3.05, 3.63) is 23.1 Å². The van der Waals surface area contributed by atoms with Crippen LogP contribution >= 0.6 is 11.3 Å². The fourth-order valence-electron chi connectivity index (χ4n) is 2.69. The topological polar surface area (TPSA) is 42.7 Å². The number of imidazole rings is 1. The Morgan fingerprint density at radius 3 is 3.05 bits per heavy atom. The Morgan fingerprint density at radius 1 is 1.47 bits per heavy atom. The molecule has 1 aliphatic rings. The van der Waals surface area contributed by atoms with Crippen LogP contribution in [0.3, 0.4) is 0 Å². The van der Waals surface area contributed by atoms with Crippen LogP contribution in [0.25, 0.3) is 10.7 Å². The Kier molecular flexibility index (Phi) is 3.41. The summed E-state index contributed by atoms with van der Waals surface area (Å²) in [7, 11) is 2.02. The van der Waals surface area contributed by atoms with E-state index < -0.39 is 0 Å². The normalized spacial score (nSPS) is 18.8. The molecule has 0 spiro atoms. The lowest BCUT2D eigenvalue weighted by molar-refractivity contribution is 0.490. The molecular weight excluding hydrogens is 256 g/mol. The van der Waals surface area contributed by atoms with Crippen molar-refractivity contribution >= 4 is 11.3 Å². The van der Waals surface area contributed by atoms with E-state index in [4.69, 9.17) is 4.98 Å². The summed E-state index contributed by atoms with van der Waals surface area (Å²) >= 11 is 1.83. The number of rotatable bonds is 3. The molecule has 2 aromatic rings. The first kappa shape index (κ1) is 12.8. The van der Waals surface area contributed by atoms with Gasteiger partial charge in [-0.1, -0.05) is 0 Å². The molecule has 0 saturated heterocycles. The molecule has 2 aromatic heterocycles. The Labute approximate surface area is 117 Å². The molecule has 1 aliphatic carbocycles. The van der Waals surface area contributed by atoms with E-state index in [1.807, 2.05) is 30.9 Å². The fourth-order valence-corrected chi connectivity index (χ4v) is 3.87. The SMILES string of the molecule is CNC1CCCc2sc(-c3cncn3C(C)C)nc21. The van der Waals surface area contributed by atoms with Crippen molar-refractivity contribution in [2.24, 2.45) is 0 Å².